The van der Waals surface area contributed by atoms with E-state index in [1.807, 2.05) is 0 Å². The highest BCUT2D eigenvalue weighted by molar-refractivity contribution is 5.87. The van der Waals surface area contributed by atoms with Gasteiger partial charge in [-0.15, -0.1) is 0 Å². The number of hydrogen-bond acceptors (Lipinski definition) is 2. The fraction of sp³-hybridized carbons (Fsp3) is 0.364. The molecule has 0 spiro atoms. The van der Waals surface area contributed by atoms with E-state index in [0.29, 0.717) is 25.2 Å². The standard InChI is InChI=1S/C11H13FO3/c12-7-1-2-8-15-10-5-3-9(4-6-10)11(13)14/h3-6H,1-2,7-8H2,(H,13,14). The number of ether oxygens (including phenoxy) is 1. The van der Waals surface area contributed by atoms with Gasteiger partial charge in [-0.1, -0.05) is 0 Å². The first-order chi connectivity index (χ1) is 7.24. The van der Waals surface area contributed by atoms with Crippen molar-refractivity contribution >= 4 is 5.97 Å². The minimum atomic E-state index is -0.959. The fourth-order valence-corrected chi connectivity index (χ4v) is 1.08. The van der Waals surface area contributed by atoms with Crippen molar-refractivity contribution in [1.29, 1.82) is 0 Å². The van der Waals surface area contributed by atoms with Crippen LogP contribution in [0.15, 0.2) is 24.3 Å². The number of halogens is 1. The first-order valence-corrected chi connectivity index (χ1v) is 4.76. The number of aromatic carboxylic acids is 1. The van der Waals surface area contributed by atoms with Crippen molar-refractivity contribution in [3.8, 4) is 5.75 Å². The molecule has 0 unspecified atom stereocenters. The van der Waals surface area contributed by atoms with Crippen molar-refractivity contribution in [2.45, 2.75) is 12.8 Å². The minimum absolute atomic E-state index is 0.228. The maximum atomic E-state index is 11.7. The maximum absolute atomic E-state index is 11.7. The second-order valence-corrected chi connectivity index (χ2v) is 3.07. The molecule has 0 aliphatic rings. The smallest absolute Gasteiger partial charge is 0.335 e. The van der Waals surface area contributed by atoms with E-state index in [2.05, 4.69) is 0 Å². The third-order valence-electron chi connectivity index (χ3n) is 1.90. The summed E-state index contributed by atoms with van der Waals surface area (Å²) < 4.78 is 17.0. The summed E-state index contributed by atoms with van der Waals surface area (Å²) in [6, 6.07) is 6.15. The molecule has 0 amide bonds. The van der Waals surface area contributed by atoms with Gasteiger partial charge in [-0.05, 0) is 37.1 Å². The Hall–Kier alpha value is -1.58. The Morgan fingerprint density at radius 3 is 2.47 bits per heavy atom. The molecule has 0 aromatic heterocycles. The maximum Gasteiger partial charge on any atom is 0.335 e. The third-order valence-corrected chi connectivity index (χ3v) is 1.90. The van der Waals surface area contributed by atoms with Crippen molar-refractivity contribution in [2.24, 2.45) is 0 Å². The molecule has 0 saturated carbocycles. The number of carbonyl (C=O) groups is 1. The molecule has 0 aliphatic heterocycles. The van der Waals surface area contributed by atoms with Crippen LogP contribution in [0.5, 0.6) is 5.75 Å². The summed E-state index contributed by atoms with van der Waals surface area (Å²) in [6.45, 7) is 0.123. The molecule has 0 heterocycles. The van der Waals surface area contributed by atoms with Crippen LogP contribution in [-0.4, -0.2) is 24.4 Å². The van der Waals surface area contributed by atoms with Crippen LogP contribution in [0.2, 0.25) is 0 Å². The van der Waals surface area contributed by atoms with Gasteiger partial charge in [0.2, 0.25) is 0 Å². The van der Waals surface area contributed by atoms with Crippen LogP contribution in [0.4, 0.5) is 4.39 Å². The molecule has 15 heavy (non-hydrogen) atoms. The molecule has 0 aliphatic carbocycles. The van der Waals surface area contributed by atoms with Crippen molar-refractivity contribution in [3.05, 3.63) is 29.8 Å². The van der Waals surface area contributed by atoms with Crippen LogP contribution in [-0.2, 0) is 0 Å². The zero-order chi connectivity index (χ0) is 11.1. The van der Waals surface area contributed by atoms with Crippen LogP contribution >= 0.6 is 0 Å². The molecular weight excluding hydrogens is 199 g/mol. The number of carboxylic acid groups (broad SMARTS) is 1. The first-order valence-electron chi connectivity index (χ1n) is 4.76. The van der Waals surface area contributed by atoms with Crippen LogP contribution < -0.4 is 4.74 Å². The van der Waals surface area contributed by atoms with Gasteiger partial charge in [0.15, 0.2) is 0 Å². The lowest BCUT2D eigenvalue weighted by molar-refractivity contribution is 0.0697. The van der Waals surface area contributed by atoms with Crippen LogP contribution in [0.25, 0.3) is 0 Å². The number of unbranched alkanes of at least 4 members (excludes halogenated alkanes) is 1. The number of carboxylic acids is 1. The van der Waals surface area contributed by atoms with E-state index in [9.17, 15) is 9.18 Å². The molecule has 1 rings (SSSR count). The SMILES string of the molecule is O=C(O)c1ccc(OCCCCF)cc1. The zero-order valence-electron chi connectivity index (χ0n) is 8.28. The molecule has 0 saturated heterocycles. The van der Waals surface area contributed by atoms with E-state index in [0.717, 1.165) is 0 Å². The van der Waals surface area contributed by atoms with Gasteiger partial charge in [-0.2, -0.15) is 0 Å². The highest BCUT2D eigenvalue weighted by Gasteiger charge is 2.01. The summed E-state index contributed by atoms with van der Waals surface area (Å²) in [4.78, 5) is 10.5. The van der Waals surface area contributed by atoms with Gasteiger partial charge in [-0.3, -0.25) is 4.39 Å². The Bertz CT molecular complexity index is 308. The topological polar surface area (TPSA) is 46.5 Å². The summed E-state index contributed by atoms with van der Waals surface area (Å²) in [5, 5.41) is 8.64. The van der Waals surface area contributed by atoms with E-state index < -0.39 is 5.97 Å². The van der Waals surface area contributed by atoms with Gasteiger partial charge in [0.05, 0.1) is 18.8 Å². The Balaban J connectivity index is 2.39. The van der Waals surface area contributed by atoms with E-state index in [1.165, 1.54) is 12.1 Å². The molecule has 0 fully saturated rings. The molecule has 3 nitrogen and oxygen atoms in total. The Morgan fingerprint density at radius 2 is 1.93 bits per heavy atom. The summed E-state index contributed by atoms with van der Waals surface area (Å²) in [5.74, 6) is -0.349. The highest BCUT2D eigenvalue weighted by Crippen LogP contribution is 2.12. The fourth-order valence-electron chi connectivity index (χ4n) is 1.08. The molecular formula is C11H13FO3. The van der Waals surface area contributed by atoms with Crippen molar-refractivity contribution < 1.29 is 19.0 Å². The van der Waals surface area contributed by atoms with E-state index >= 15 is 0 Å². The van der Waals surface area contributed by atoms with Gasteiger partial charge < -0.3 is 9.84 Å². The Labute approximate surface area is 87.5 Å². The minimum Gasteiger partial charge on any atom is -0.494 e. The van der Waals surface area contributed by atoms with Gasteiger partial charge in [0.25, 0.3) is 0 Å². The van der Waals surface area contributed by atoms with Gasteiger partial charge in [0.1, 0.15) is 5.75 Å². The number of hydrogen-bond donors (Lipinski definition) is 1. The quantitative estimate of drug-likeness (QED) is 0.737. The predicted octanol–water partition coefficient (Wildman–Crippen LogP) is 2.51. The van der Waals surface area contributed by atoms with Crippen LogP contribution in [0.3, 0.4) is 0 Å². The molecule has 1 aromatic carbocycles. The molecule has 82 valence electrons. The van der Waals surface area contributed by atoms with Crippen molar-refractivity contribution in [1.82, 2.24) is 0 Å². The van der Waals surface area contributed by atoms with Gasteiger partial charge >= 0.3 is 5.97 Å². The van der Waals surface area contributed by atoms with Gasteiger partial charge in [0, 0.05) is 0 Å². The average molecular weight is 212 g/mol. The molecule has 1 aromatic rings. The lowest BCUT2D eigenvalue weighted by Gasteiger charge is -2.05. The molecule has 0 bridgehead atoms. The number of rotatable bonds is 6. The highest BCUT2D eigenvalue weighted by atomic mass is 19.1. The van der Waals surface area contributed by atoms with E-state index in [4.69, 9.17) is 9.84 Å². The molecule has 0 atom stereocenters. The molecule has 4 heteroatoms. The monoisotopic (exact) mass is 212 g/mol. The lowest BCUT2D eigenvalue weighted by Crippen LogP contribution is -1.99. The largest absolute Gasteiger partial charge is 0.494 e. The van der Waals surface area contributed by atoms with Gasteiger partial charge in [-0.25, -0.2) is 4.79 Å². The van der Waals surface area contributed by atoms with E-state index in [-0.39, 0.29) is 12.2 Å². The van der Waals surface area contributed by atoms with Crippen LogP contribution in [0, 0.1) is 0 Å². The molecule has 1 N–H and O–H groups in total. The summed E-state index contributed by atoms with van der Waals surface area (Å²) in [5.41, 5.74) is 0.228. The number of alkyl halides is 1. The summed E-state index contributed by atoms with van der Waals surface area (Å²) in [6.07, 6.45) is 1.16. The Kier molecular flexibility index (Phi) is 4.60. The summed E-state index contributed by atoms with van der Waals surface area (Å²) >= 11 is 0. The zero-order valence-corrected chi connectivity index (χ0v) is 8.28. The van der Waals surface area contributed by atoms with E-state index in [1.54, 1.807) is 12.1 Å². The predicted molar refractivity (Wildman–Crippen MR) is 54.1 cm³/mol. The van der Waals surface area contributed by atoms with Crippen LogP contribution in [0.1, 0.15) is 23.2 Å². The second-order valence-electron chi connectivity index (χ2n) is 3.07. The average Bonchev–Trinajstić information content (AvgIpc) is 2.25. The number of benzene rings is 1. The van der Waals surface area contributed by atoms with Crippen molar-refractivity contribution in [2.75, 3.05) is 13.3 Å². The summed E-state index contributed by atoms with van der Waals surface area (Å²) in [7, 11) is 0. The van der Waals surface area contributed by atoms with Crippen molar-refractivity contribution in [3.63, 3.8) is 0 Å². The Morgan fingerprint density at radius 1 is 1.27 bits per heavy atom. The third kappa shape index (κ3) is 3.97. The normalized spacial score (nSPS) is 9.93. The second kappa shape index (κ2) is 6.01. The molecule has 0 radical (unpaired) electrons. The first kappa shape index (κ1) is 11.5. The lowest BCUT2D eigenvalue weighted by atomic mass is 10.2.